The Balaban J connectivity index is 1.70. The van der Waals surface area contributed by atoms with E-state index in [0.29, 0.717) is 49.0 Å². The van der Waals surface area contributed by atoms with E-state index in [1.807, 2.05) is 0 Å². The van der Waals surface area contributed by atoms with Crippen LogP contribution in [-0.4, -0.2) is 48.9 Å². The molecule has 0 unspecified atom stereocenters. The van der Waals surface area contributed by atoms with Crippen LogP contribution in [0.3, 0.4) is 0 Å². The van der Waals surface area contributed by atoms with Crippen LogP contribution in [0.1, 0.15) is 44.9 Å². The lowest BCUT2D eigenvalue weighted by Crippen LogP contribution is -2.30. The van der Waals surface area contributed by atoms with Crippen LogP contribution in [0.2, 0.25) is 0 Å². The maximum atomic E-state index is 10.5. The van der Waals surface area contributed by atoms with Crippen molar-refractivity contribution in [1.82, 2.24) is 5.32 Å². The van der Waals surface area contributed by atoms with Crippen molar-refractivity contribution >= 4 is 23.4 Å². The fourth-order valence-corrected chi connectivity index (χ4v) is 3.95. The molecular formula is C18H29NO5S. The van der Waals surface area contributed by atoms with E-state index >= 15 is 0 Å². The standard InChI is InChI=1S/C18H29NO5S/c1-22-12-19-18(25)23-11-10-14-13(15-8-9-16(14)24-15)6-4-2-3-5-7-17(20)21/h2,4,13-16H,3,5-12H2,1H3,(H,19,25)(H,20,21)/b4-2-/t13-,14-,15-,16+/m1/s1. The van der Waals surface area contributed by atoms with Crippen LogP contribution in [0.25, 0.3) is 0 Å². The van der Waals surface area contributed by atoms with Gasteiger partial charge in [-0.2, -0.15) is 0 Å². The molecule has 142 valence electrons. The fourth-order valence-electron chi connectivity index (χ4n) is 3.81. The second-order valence-corrected chi connectivity index (χ2v) is 7.02. The van der Waals surface area contributed by atoms with E-state index in [4.69, 9.17) is 31.5 Å². The Kier molecular flexibility index (Phi) is 8.64. The molecule has 2 N–H and O–H groups in total. The molecule has 0 aliphatic carbocycles. The number of hydrogen-bond acceptors (Lipinski definition) is 5. The van der Waals surface area contributed by atoms with Crippen molar-refractivity contribution in [2.45, 2.75) is 57.2 Å². The summed E-state index contributed by atoms with van der Waals surface area (Å²) < 4.78 is 16.5. The van der Waals surface area contributed by atoms with Crippen LogP contribution in [0.4, 0.5) is 0 Å². The lowest BCUT2D eigenvalue weighted by molar-refractivity contribution is -0.137. The molecule has 0 spiro atoms. The van der Waals surface area contributed by atoms with E-state index in [1.54, 1.807) is 7.11 Å². The van der Waals surface area contributed by atoms with Gasteiger partial charge in [-0.15, -0.1) is 0 Å². The third kappa shape index (κ3) is 6.56. The van der Waals surface area contributed by atoms with Crippen molar-refractivity contribution in [2.75, 3.05) is 20.4 Å². The van der Waals surface area contributed by atoms with Crippen LogP contribution in [0.15, 0.2) is 12.2 Å². The molecule has 2 bridgehead atoms. The zero-order chi connectivity index (χ0) is 18.1. The molecule has 4 atom stereocenters. The maximum absolute atomic E-state index is 10.5. The maximum Gasteiger partial charge on any atom is 0.303 e. The van der Waals surface area contributed by atoms with Gasteiger partial charge in [0.25, 0.3) is 5.17 Å². The molecule has 2 fully saturated rings. The first-order valence-corrected chi connectivity index (χ1v) is 9.44. The van der Waals surface area contributed by atoms with E-state index in [9.17, 15) is 4.79 Å². The van der Waals surface area contributed by atoms with Crippen molar-refractivity contribution in [1.29, 1.82) is 0 Å². The Morgan fingerprint density at radius 1 is 1.32 bits per heavy atom. The molecule has 25 heavy (non-hydrogen) atoms. The molecule has 2 aliphatic rings. The van der Waals surface area contributed by atoms with Gasteiger partial charge in [-0.3, -0.25) is 4.79 Å². The zero-order valence-corrected chi connectivity index (χ0v) is 15.6. The van der Waals surface area contributed by atoms with Crippen LogP contribution >= 0.6 is 12.2 Å². The van der Waals surface area contributed by atoms with Crippen molar-refractivity contribution in [2.24, 2.45) is 11.8 Å². The molecule has 0 aromatic carbocycles. The number of carboxylic acid groups (broad SMARTS) is 1. The number of aliphatic carboxylic acids is 1. The molecule has 0 radical (unpaired) electrons. The number of rotatable bonds is 11. The molecule has 0 saturated carbocycles. The smallest absolute Gasteiger partial charge is 0.303 e. The van der Waals surface area contributed by atoms with Gasteiger partial charge in [0.05, 0.1) is 18.8 Å². The van der Waals surface area contributed by atoms with E-state index in [2.05, 4.69) is 17.5 Å². The average molecular weight is 371 g/mol. The summed E-state index contributed by atoms with van der Waals surface area (Å²) in [4.78, 5) is 10.5. The lowest BCUT2D eigenvalue weighted by atomic mass is 9.76. The molecule has 2 rings (SSSR count). The van der Waals surface area contributed by atoms with Crippen LogP contribution in [-0.2, 0) is 19.0 Å². The van der Waals surface area contributed by atoms with Gasteiger partial charge in [0.1, 0.15) is 6.73 Å². The first-order chi connectivity index (χ1) is 12.1. The van der Waals surface area contributed by atoms with Gasteiger partial charge >= 0.3 is 5.97 Å². The number of unbranched alkanes of at least 4 members (excludes halogenated alkanes) is 1. The minimum absolute atomic E-state index is 0.235. The molecule has 2 heterocycles. The molecule has 0 amide bonds. The summed E-state index contributed by atoms with van der Waals surface area (Å²) in [6.07, 6.45) is 11.0. The predicted molar refractivity (Wildman–Crippen MR) is 98.3 cm³/mol. The SMILES string of the molecule is COCNC(=S)OCC[C@@H]1[C@@H](C/C=C\CCCC(=O)O)[C@H]2CC[C@@H]1O2. The number of carbonyl (C=O) groups is 1. The van der Waals surface area contributed by atoms with Gasteiger partial charge in [0.15, 0.2) is 0 Å². The van der Waals surface area contributed by atoms with Crippen molar-refractivity contribution in [3.05, 3.63) is 12.2 Å². The largest absolute Gasteiger partial charge is 0.481 e. The summed E-state index contributed by atoms with van der Waals surface area (Å²) in [6.45, 7) is 0.941. The quantitative estimate of drug-likeness (QED) is 0.250. The topological polar surface area (TPSA) is 77.0 Å². The van der Waals surface area contributed by atoms with Gasteiger partial charge in [0.2, 0.25) is 0 Å². The molecule has 0 aromatic heterocycles. The van der Waals surface area contributed by atoms with E-state index in [0.717, 1.165) is 32.1 Å². The Hall–Kier alpha value is -1.18. The zero-order valence-electron chi connectivity index (χ0n) is 14.8. The van der Waals surface area contributed by atoms with Gasteiger partial charge in [-0.1, -0.05) is 12.2 Å². The fraction of sp³-hybridized carbons (Fsp3) is 0.778. The number of nitrogens with one attached hydrogen (secondary N) is 1. The van der Waals surface area contributed by atoms with E-state index in [1.165, 1.54) is 0 Å². The molecular weight excluding hydrogens is 342 g/mol. The van der Waals surface area contributed by atoms with E-state index < -0.39 is 5.97 Å². The summed E-state index contributed by atoms with van der Waals surface area (Å²) in [6, 6.07) is 0. The van der Waals surface area contributed by atoms with Crippen molar-refractivity contribution < 1.29 is 24.1 Å². The Labute approximate surface area is 154 Å². The van der Waals surface area contributed by atoms with Crippen molar-refractivity contribution in [3.8, 4) is 0 Å². The van der Waals surface area contributed by atoms with Gasteiger partial charge in [0, 0.05) is 13.5 Å². The third-order valence-electron chi connectivity index (χ3n) is 4.97. The lowest BCUT2D eigenvalue weighted by Gasteiger charge is -2.27. The van der Waals surface area contributed by atoms with Gasteiger partial charge in [-0.25, -0.2) is 0 Å². The minimum Gasteiger partial charge on any atom is -0.481 e. The second kappa shape index (κ2) is 10.7. The molecule has 2 saturated heterocycles. The number of allylic oxidation sites excluding steroid dienone is 2. The number of carboxylic acids is 1. The second-order valence-electron chi connectivity index (χ2n) is 6.65. The van der Waals surface area contributed by atoms with E-state index in [-0.39, 0.29) is 6.42 Å². The number of thiocarbonyl (C=S) groups is 1. The predicted octanol–water partition coefficient (Wildman–Crippen LogP) is 2.87. The van der Waals surface area contributed by atoms with Crippen LogP contribution in [0, 0.1) is 11.8 Å². The normalized spacial score (nSPS) is 27.7. The number of fused-ring (bicyclic) bond motifs is 2. The molecule has 2 aliphatic heterocycles. The highest BCUT2D eigenvalue weighted by Gasteiger charge is 2.47. The monoisotopic (exact) mass is 371 g/mol. The molecule has 7 heteroatoms. The highest BCUT2D eigenvalue weighted by atomic mass is 32.1. The molecule has 0 aromatic rings. The third-order valence-corrected chi connectivity index (χ3v) is 5.23. The van der Waals surface area contributed by atoms with Crippen molar-refractivity contribution in [3.63, 3.8) is 0 Å². The Bertz CT molecular complexity index is 470. The van der Waals surface area contributed by atoms with Crippen LogP contribution in [0.5, 0.6) is 0 Å². The first kappa shape index (κ1) is 20.1. The number of methoxy groups -OCH3 is 1. The minimum atomic E-state index is -0.729. The average Bonchev–Trinajstić information content (AvgIpc) is 3.18. The summed E-state index contributed by atoms with van der Waals surface area (Å²) in [5, 5.41) is 11.9. The number of hydrogen-bond donors (Lipinski definition) is 2. The molecule has 6 nitrogen and oxygen atoms in total. The Morgan fingerprint density at radius 2 is 2.08 bits per heavy atom. The summed E-state index contributed by atoms with van der Waals surface area (Å²) >= 11 is 5.09. The number of ether oxygens (including phenoxy) is 3. The van der Waals surface area contributed by atoms with Gasteiger partial charge in [-0.05, 0) is 62.6 Å². The van der Waals surface area contributed by atoms with Crippen LogP contribution < -0.4 is 5.32 Å². The van der Waals surface area contributed by atoms with Gasteiger partial charge < -0.3 is 24.6 Å². The summed E-state index contributed by atoms with van der Waals surface area (Å²) in [7, 11) is 1.60. The summed E-state index contributed by atoms with van der Waals surface area (Å²) in [5.74, 6) is 0.305. The Morgan fingerprint density at radius 3 is 2.80 bits per heavy atom. The summed E-state index contributed by atoms with van der Waals surface area (Å²) in [5.41, 5.74) is 0. The first-order valence-electron chi connectivity index (χ1n) is 9.03. The highest BCUT2D eigenvalue weighted by molar-refractivity contribution is 7.80. The highest BCUT2D eigenvalue weighted by Crippen LogP contribution is 2.46.